The minimum absolute atomic E-state index is 0.325. The van der Waals surface area contributed by atoms with E-state index in [1.54, 1.807) is 12.1 Å². The Labute approximate surface area is 73.7 Å². The summed E-state index contributed by atoms with van der Waals surface area (Å²) >= 11 is 0. The molecule has 13 heavy (non-hydrogen) atoms. The Morgan fingerprint density at radius 2 is 2.23 bits per heavy atom. The molecule has 0 aliphatic rings. The van der Waals surface area contributed by atoms with Crippen LogP contribution in [0.5, 0.6) is 0 Å². The third-order valence-electron chi connectivity index (χ3n) is 1.90. The largest absolute Gasteiger partial charge is 0.398 e. The summed E-state index contributed by atoms with van der Waals surface area (Å²) in [5, 5.41) is 7.19. The molecule has 0 atom stereocenters. The van der Waals surface area contributed by atoms with Crippen molar-refractivity contribution in [1.82, 2.24) is 10.2 Å². The van der Waals surface area contributed by atoms with Crippen LogP contribution in [0.25, 0.3) is 10.9 Å². The number of benzene rings is 1. The summed E-state index contributed by atoms with van der Waals surface area (Å²) in [7, 11) is 0. The van der Waals surface area contributed by atoms with Gasteiger partial charge in [-0.1, -0.05) is 0 Å². The summed E-state index contributed by atoms with van der Waals surface area (Å²) < 4.78 is 0. The predicted molar refractivity (Wildman–Crippen MR) is 49.0 cm³/mol. The number of aromatic amines is 1. The third-order valence-corrected chi connectivity index (χ3v) is 1.90. The fourth-order valence-electron chi connectivity index (χ4n) is 1.31. The molecule has 0 saturated carbocycles. The van der Waals surface area contributed by atoms with Gasteiger partial charge in [0, 0.05) is 11.1 Å². The normalized spacial score (nSPS) is 10.5. The Morgan fingerprint density at radius 1 is 1.46 bits per heavy atom. The van der Waals surface area contributed by atoms with Gasteiger partial charge in [-0.05, 0) is 12.1 Å². The number of aromatic nitrogens is 2. The highest BCUT2D eigenvalue weighted by molar-refractivity contribution is 6.09. The number of nitrogens with one attached hydrogen (secondary N) is 1. The maximum absolute atomic E-state index is 11.0. The number of amides is 1. The van der Waals surface area contributed by atoms with Crippen molar-refractivity contribution in [1.29, 1.82) is 0 Å². The molecule has 1 heterocycles. The minimum Gasteiger partial charge on any atom is -0.398 e. The molecule has 66 valence electrons. The van der Waals surface area contributed by atoms with Gasteiger partial charge in [0.2, 0.25) is 0 Å². The summed E-state index contributed by atoms with van der Waals surface area (Å²) in [5.41, 5.74) is 12.2. The fraction of sp³-hybridized carbons (Fsp3) is 0. The van der Waals surface area contributed by atoms with Gasteiger partial charge in [-0.15, -0.1) is 0 Å². The van der Waals surface area contributed by atoms with Crippen LogP contribution in [-0.2, 0) is 0 Å². The molecule has 5 N–H and O–H groups in total. The summed E-state index contributed by atoms with van der Waals surface area (Å²) in [6.45, 7) is 0. The molecule has 0 unspecified atom stereocenters. The molecule has 0 aliphatic heterocycles. The van der Waals surface area contributed by atoms with Gasteiger partial charge in [0.15, 0.2) is 0 Å². The van der Waals surface area contributed by atoms with Crippen molar-refractivity contribution >= 4 is 22.5 Å². The molecule has 0 bridgehead atoms. The van der Waals surface area contributed by atoms with Crippen molar-refractivity contribution in [2.75, 3.05) is 5.73 Å². The zero-order valence-electron chi connectivity index (χ0n) is 6.74. The van der Waals surface area contributed by atoms with Crippen LogP contribution < -0.4 is 11.5 Å². The quantitative estimate of drug-likeness (QED) is 0.543. The summed E-state index contributed by atoms with van der Waals surface area (Å²) in [5.74, 6) is -0.537. The van der Waals surface area contributed by atoms with Crippen molar-refractivity contribution in [2.45, 2.75) is 0 Å². The smallest absolute Gasteiger partial charge is 0.251 e. The average Bonchev–Trinajstić information content (AvgIpc) is 2.50. The second-order valence-electron chi connectivity index (χ2n) is 2.73. The van der Waals surface area contributed by atoms with E-state index in [4.69, 9.17) is 11.5 Å². The molecular formula is C8H8N4O. The molecule has 1 aromatic heterocycles. The van der Waals surface area contributed by atoms with Crippen molar-refractivity contribution in [3.8, 4) is 0 Å². The standard InChI is InChI=1S/C8H8N4O/c9-5-1-2-6-4(3-11-12-6)7(5)8(10)13/h1-3H,9H2,(H2,10,13)(H,11,12). The van der Waals surface area contributed by atoms with Crippen LogP contribution >= 0.6 is 0 Å². The summed E-state index contributed by atoms with van der Waals surface area (Å²) in [6, 6.07) is 3.38. The van der Waals surface area contributed by atoms with Crippen LogP contribution in [0.15, 0.2) is 18.3 Å². The lowest BCUT2D eigenvalue weighted by molar-refractivity contribution is 0.100. The van der Waals surface area contributed by atoms with Crippen molar-refractivity contribution < 1.29 is 4.79 Å². The van der Waals surface area contributed by atoms with E-state index in [1.807, 2.05) is 0 Å². The number of carbonyl (C=O) groups excluding carboxylic acids is 1. The van der Waals surface area contributed by atoms with Crippen LogP contribution in [-0.4, -0.2) is 16.1 Å². The topological polar surface area (TPSA) is 97.8 Å². The SMILES string of the molecule is NC(=O)c1c(N)ccc2[nH]ncc12. The van der Waals surface area contributed by atoms with E-state index in [-0.39, 0.29) is 0 Å². The predicted octanol–water partition coefficient (Wildman–Crippen LogP) is 0.244. The van der Waals surface area contributed by atoms with Crippen molar-refractivity contribution in [2.24, 2.45) is 5.73 Å². The number of carbonyl (C=O) groups is 1. The highest BCUT2D eigenvalue weighted by Crippen LogP contribution is 2.21. The van der Waals surface area contributed by atoms with E-state index >= 15 is 0 Å². The fourth-order valence-corrected chi connectivity index (χ4v) is 1.31. The molecule has 2 aromatic rings. The summed E-state index contributed by atoms with van der Waals surface area (Å²) in [6.07, 6.45) is 1.53. The maximum Gasteiger partial charge on any atom is 0.251 e. The second-order valence-corrected chi connectivity index (χ2v) is 2.73. The number of anilines is 1. The highest BCUT2D eigenvalue weighted by atomic mass is 16.1. The van der Waals surface area contributed by atoms with Gasteiger partial charge in [0.1, 0.15) is 0 Å². The Bertz CT molecular complexity index is 474. The second kappa shape index (κ2) is 2.48. The van der Waals surface area contributed by atoms with E-state index in [1.165, 1.54) is 6.20 Å². The molecular weight excluding hydrogens is 168 g/mol. The number of hydrogen-bond acceptors (Lipinski definition) is 3. The van der Waals surface area contributed by atoms with E-state index < -0.39 is 5.91 Å². The molecule has 0 radical (unpaired) electrons. The van der Waals surface area contributed by atoms with E-state index in [0.717, 1.165) is 5.52 Å². The first-order chi connectivity index (χ1) is 6.20. The average molecular weight is 176 g/mol. The summed E-state index contributed by atoms with van der Waals surface area (Å²) in [4.78, 5) is 11.0. The molecule has 2 rings (SSSR count). The lowest BCUT2D eigenvalue weighted by atomic mass is 10.1. The van der Waals surface area contributed by atoms with Crippen LogP contribution in [0.2, 0.25) is 0 Å². The number of nitrogen functional groups attached to an aromatic ring is 1. The van der Waals surface area contributed by atoms with Gasteiger partial charge in [0.05, 0.1) is 17.3 Å². The van der Waals surface area contributed by atoms with E-state index in [9.17, 15) is 4.79 Å². The lowest BCUT2D eigenvalue weighted by Crippen LogP contribution is -2.13. The Hall–Kier alpha value is -2.04. The first-order valence-electron chi connectivity index (χ1n) is 3.71. The molecule has 1 aromatic carbocycles. The molecule has 0 fully saturated rings. The Morgan fingerprint density at radius 3 is 2.92 bits per heavy atom. The molecule has 1 amide bonds. The number of fused-ring (bicyclic) bond motifs is 1. The number of primary amides is 1. The van der Waals surface area contributed by atoms with Crippen LogP contribution in [0, 0.1) is 0 Å². The molecule has 5 nitrogen and oxygen atoms in total. The lowest BCUT2D eigenvalue weighted by Gasteiger charge is -2.01. The first-order valence-corrected chi connectivity index (χ1v) is 3.71. The monoisotopic (exact) mass is 176 g/mol. The number of H-pyrrole nitrogens is 1. The van der Waals surface area contributed by atoms with Gasteiger partial charge in [-0.3, -0.25) is 9.89 Å². The minimum atomic E-state index is -0.537. The van der Waals surface area contributed by atoms with Crippen LogP contribution in [0.4, 0.5) is 5.69 Å². The van der Waals surface area contributed by atoms with Gasteiger partial charge >= 0.3 is 0 Å². The van der Waals surface area contributed by atoms with Crippen LogP contribution in [0.3, 0.4) is 0 Å². The van der Waals surface area contributed by atoms with E-state index in [0.29, 0.717) is 16.6 Å². The van der Waals surface area contributed by atoms with Gasteiger partial charge < -0.3 is 11.5 Å². The zero-order chi connectivity index (χ0) is 9.42. The van der Waals surface area contributed by atoms with E-state index in [2.05, 4.69) is 10.2 Å². The van der Waals surface area contributed by atoms with Crippen LogP contribution in [0.1, 0.15) is 10.4 Å². The molecule has 0 spiro atoms. The highest BCUT2D eigenvalue weighted by Gasteiger charge is 2.11. The molecule has 0 aliphatic carbocycles. The zero-order valence-corrected chi connectivity index (χ0v) is 6.74. The van der Waals surface area contributed by atoms with Gasteiger partial charge in [-0.2, -0.15) is 5.10 Å². The first kappa shape index (κ1) is 7.60. The van der Waals surface area contributed by atoms with Gasteiger partial charge in [0.25, 0.3) is 5.91 Å². The van der Waals surface area contributed by atoms with Gasteiger partial charge in [-0.25, -0.2) is 0 Å². The number of nitrogens with two attached hydrogens (primary N) is 2. The Kier molecular flexibility index (Phi) is 1.45. The number of hydrogen-bond donors (Lipinski definition) is 3. The molecule has 5 heteroatoms. The van der Waals surface area contributed by atoms with Crippen molar-refractivity contribution in [3.05, 3.63) is 23.9 Å². The third kappa shape index (κ3) is 1.01. The number of rotatable bonds is 1. The molecule has 0 saturated heterocycles. The Balaban J connectivity index is 2.88. The number of nitrogens with zero attached hydrogens (tertiary/aromatic N) is 1. The van der Waals surface area contributed by atoms with Crippen molar-refractivity contribution in [3.63, 3.8) is 0 Å². The maximum atomic E-state index is 11.0.